The molecule has 2 aromatic rings. The summed E-state index contributed by atoms with van der Waals surface area (Å²) in [6.45, 7) is 0. The molecule has 2 rings (SSSR count). The van der Waals surface area contributed by atoms with Gasteiger partial charge < -0.3 is 0 Å². The number of benzene rings is 2. The van der Waals surface area contributed by atoms with Gasteiger partial charge in [-0.2, -0.15) is 5.26 Å². The van der Waals surface area contributed by atoms with Crippen LogP contribution < -0.4 is 4.72 Å². The average Bonchev–Trinajstić information content (AvgIpc) is 2.47. The van der Waals surface area contributed by atoms with Gasteiger partial charge in [-0.05, 0) is 24.3 Å². The van der Waals surface area contributed by atoms with Crippen LogP contribution >= 0.6 is 0 Å². The van der Waals surface area contributed by atoms with Crippen molar-refractivity contribution in [1.82, 2.24) is 0 Å². The second-order valence-electron chi connectivity index (χ2n) is 3.96. The molecule has 5 nitrogen and oxygen atoms in total. The zero-order valence-electron chi connectivity index (χ0n) is 10.3. The maximum absolute atomic E-state index is 12.2. The molecule has 0 heterocycles. The predicted octanol–water partition coefficient (Wildman–Crippen LogP) is 2.17. The number of aldehydes is 1. The van der Waals surface area contributed by atoms with Gasteiger partial charge in [0.05, 0.1) is 5.56 Å². The summed E-state index contributed by atoms with van der Waals surface area (Å²) in [5.74, 6) is 0. The molecule has 0 amide bonds. The van der Waals surface area contributed by atoms with E-state index in [1.165, 1.54) is 30.3 Å². The van der Waals surface area contributed by atoms with Gasteiger partial charge in [0.15, 0.2) is 0 Å². The molecular weight excluding hydrogens is 276 g/mol. The molecule has 0 aliphatic carbocycles. The fourth-order valence-corrected chi connectivity index (χ4v) is 2.89. The second kappa shape index (κ2) is 5.55. The highest BCUT2D eigenvalue weighted by molar-refractivity contribution is 7.92. The van der Waals surface area contributed by atoms with Gasteiger partial charge in [0.1, 0.15) is 17.3 Å². The van der Waals surface area contributed by atoms with E-state index in [0.29, 0.717) is 11.8 Å². The summed E-state index contributed by atoms with van der Waals surface area (Å²) < 4.78 is 26.8. The number of anilines is 1. The summed E-state index contributed by atoms with van der Waals surface area (Å²) in [5, 5.41) is 8.94. The van der Waals surface area contributed by atoms with E-state index in [9.17, 15) is 13.2 Å². The smallest absolute Gasteiger partial charge is 0.263 e. The number of carbonyl (C=O) groups excluding carboxylic acids is 1. The number of hydrogen-bond acceptors (Lipinski definition) is 4. The SMILES string of the molecule is N#Cc1ccccc1S(=O)(=O)Nc1cccc(C=O)c1. The van der Waals surface area contributed by atoms with Crippen molar-refractivity contribution in [3.8, 4) is 6.07 Å². The van der Waals surface area contributed by atoms with Crippen LogP contribution in [0.1, 0.15) is 15.9 Å². The Balaban J connectivity index is 2.41. The third kappa shape index (κ3) is 2.84. The van der Waals surface area contributed by atoms with Crippen LogP contribution in [-0.4, -0.2) is 14.7 Å². The Hall–Kier alpha value is -2.65. The number of nitrogens with one attached hydrogen (secondary N) is 1. The van der Waals surface area contributed by atoms with E-state index >= 15 is 0 Å². The lowest BCUT2D eigenvalue weighted by Gasteiger charge is -2.09. The summed E-state index contributed by atoms with van der Waals surface area (Å²) in [6.07, 6.45) is 0.626. The molecule has 0 spiro atoms. The number of carbonyl (C=O) groups is 1. The first-order valence-electron chi connectivity index (χ1n) is 5.64. The monoisotopic (exact) mass is 286 g/mol. The summed E-state index contributed by atoms with van der Waals surface area (Å²) in [5.41, 5.74) is 0.688. The Morgan fingerprint density at radius 1 is 1.10 bits per heavy atom. The standard InChI is InChI=1S/C14H10N2O3S/c15-9-12-5-1-2-7-14(12)20(18,19)16-13-6-3-4-11(8-13)10-17/h1-8,10,16H. The maximum atomic E-state index is 12.2. The number of nitrogens with zero attached hydrogens (tertiary/aromatic N) is 1. The van der Waals surface area contributed by atoms with Gasteiger partial charge in [-0.25, -0.2) is 8.42 Å². The third-order valence-electron chi connectivity index (χ3n) is 2.57. The highest BCUT2D eigenvalue weighted by Gasteiger charge is 2.18. The Morgan fingerprint density at radius 2 is 1.85 bits per heavy atom. The Bertz CT molecular complexity index is 792. The first-order chi connectivity index (χ1) is 9.56. The van der Waals surface area contributed by atoms with E-state index in [-0.39, 0.29) is 16.1 Å². The van der Waals surface area contributed by atoms with E-state index in [2.05, 4.69) is 4.72 Å². The molecule has 0 saturated carbocycles. The van der Waals surface area contributed by atoms with Gasteiger partial charge in [-0.15, -0.1) is 0 Å². The van der Waals surface area contributed by atoms with Crippen LogP contribution in [0.25, 0.3) is 0 Å². The van der Waals surface area contributed by atoms with Crippen molar-refractivity contribution in [2.75, 3.05) is 4.72 Å². The lowest BCUT2D eigenvalue weighted by Crippen LogP contribution is -2.14. The molecule has 2 aromatic carbocycles. The minimum Gasteiger partial charge on any atom is -0.298 e. The highest BCUT2D eigenvalue weighted by Crippen LogP contribution is 2.19. The molecule has 20 heavy (non-hydrogen) atoms. The minimum atomic E-state index is -3.87. The van der Waals surface area contributed by atoms with Crippen LogP contribution in [0.2, 0.25) is 0 Å². The topological polar surface area (TPSA) is 87.0 Å². The molecule has 0 aliphatic rings. The summed E-state index contributed by atoms with van der Waals surface area (Å²) in [4.78, 5) is 10.6. The van der Waals surface area contributed by atoms with E-state index < -0.39 is 10.0 Å². The van der Waals surface area contributed by atoms with Gasteiger partial charge in [0, 0.05) is 11.3 Å². The van der Waals surface area contributed by atoms with E-state index in [1.807, 2.05) is 6.07 Å². The van der Waals surface area contributed by atoms with Gasteiger partial charge in [-0.3, -0.25) is 9.52 Å². The van der Waals surface area contributed by atoms with E-state index in [0.717, 1.165) is 0 Å². The Morgan fingerprint density at radius 3 is 2.55 bits per heavy atom. The Labute approximate surface area is 116 Å². The molecule has 0 radical (unpaired) electrons. The van der Waals surface area contributed by atoms with E-state index in [4.69, 9.17) is 5.26 Å². The van der Waals surface area contributed by atoms with Crippen molar-refractivity contribution >= 4 is 22.0 Å². The molecule has 0 fully saturated rings. The zero-order valence-corrected chi connectivity index (χ0v) is 11.1. The van der Waals surface area contributed by atoms with Crippen LogP contribution in [0.5, 0.6) is 0 Å². The van der Waals surface area contributed by atoms with Crippen LogP contribution in [-0.2, 0) is 10.0 Å². The first-order valence-corrected chi connectivity index (χ1v) is 7.12. The zero-order chi connectivity index (χ0) is 14.6. The van der Waals surface area contributed by atoms with Crippen molar-refractivity contribution in [2.24, 2.45) is 0 Å². The lowest BCUT2D eigenvalue weighted by atomic mass is 10.2. The first kappa shape index (κ1) is 13.8. The summed E-state index contributed by atoms with van der Waals surface area (Å²) >= 11 is 0. The fourth-order valence-electron chi connectivity index (χ4n) is 1.68. The van der Waals surface area contributed by atoms with Gasteiger partial charge in [0.25, 0.3) is 10.0 Å². The number of nitriles is 1. The molecule has 100 valence electrons. The normalized spacial score (nSPS) is 10.6. The molecule has 0 aromatic heterocycles. The van der Waals surface area contributed by atoms with Crippen LogP contribution in [0, 0.1) is 11.3 Å². The van der Waals surface area contributed by atoms with Gasteiger partial charge >= 0.3 is 0 Å². The highest BCUT2D eigenvalue weighted by atomic mass is 32.2. The molecule has 0 bridgehead atoms. The number of rotatable bonds is 4. The largest absolute Gasteiger partial charge is 0.298 e. The summed E-state index contributed by atoms with van der Waals surface area (Å²) in [6, 6.07) is 13.8. The maximum Gasteiger partial charge on any atom is 0.263 e. The lowest BCUT2D eigenvalue weighted by molar-refractivity contribution is 0.112. The summed E-state index contributed by atoms with van der Waals surface area (Å²) in [7, 11) is -3.87. The van der Waals surface area contributed by atoms with Crippen molar-refractivity contribution in [3.05, 3.63) is 59.7 Å². The molecule has 0 unspecified atom stereocenters. The van der Waals surface area contributed by atoms with Gasteiger partial charge in [-0.1, -0.05) is 24.3 Å². The number of hydrogen-bond donors (Lipinski definition) is 1. The molecule has 0 aliphatic heterocycles. The molecule has 0 atom stereocenters. The molecule has 0 saturated heterocycles. The average molecular weight is 286 g/mol. The van der Waals surface area contributed by atoms with Gasteiger partial charge in [0.2, 0.25) is 0 Å². The van der Waals surface area contributed by atoms with Crippen LogP contribution in [0.4, 0.5) is 5.69 Å². The number of sulfonamides is 1. The molecule has 1 N–H and O–H groups in total. The van der Waals surface area contributed by atoms with Crippen molar-refractivity contribution in [1.29, 1.82) is 5.26 Å². The second-order valence-corrected chi connectivity index (χ2v) is 5.61. The van der Waals surface area contributed by atoms with Crippen molar-refractivity contribution < 1.29 is 13.2 Å². The van der Waals surface area contributed by atoms with E-state index in [1.54, 1.807) is 18.2 Å². The van der Waals surface area contributed by atoms with Crippen molar-refractivity contribution in [2.45, 2.75) is 4.90 Å². The minimum absolute atomic E-state index is 0.0616. The molecule has 6 heteroatoms. The quantitative estimate of drug-likeness (QED) is 0.872. The Kier molecular flexibility index (Phi) is 3.82. The molecular formula is C14H10N2O3S. The predicted molar refractivity (Wildman–Crippen MR) is 73.8 cm³/mol. The third-order valence-corrected chi connectivity index (χ3v) is 4.01. The van der Waals surface area contributed by atoms with Crippen molar-refractivity contribution in [3.63, 3.8) is 0 Å². The van der Waals surface area contributed by atoms with Crippen LogP contribution in [0.3, 0.4) is 0 Å². The fraction of sp³-hybridized carbons (Fsp3) is 0. The van der Waals surface area contributed by atoms with Crippen LogP contribution in [0.15, 0.2) is 53.4 Å².